The monoisotopic (exact) mass is 374 g/mol. The Hall–Kier alpha value is -2.25. The third kappa shape index (κ3) is 4.29. The molecule has 2 aromatic carbocycles. The molecule has 0 radical (unpaired) electrons. The number of rotatable bonds is 4. The Bertz CT molecular complexity index is 787. The fourth-order valence-corrected chi connectivity index (χ4v) is 2.40. The molecular formula is C18H14BF7. The van der Waals surface area contributed by atoms with Crippen LogP contribution in [0.4, 0.5) is 30.7 Å². The normalized spacial score (nSPS) is 14.6. The summed E-state index contributed by atoms with van der Waals surface area (Å²) in [5.41, 5.74) is -4.98. The molecule has 26 heavy (non-hydrogen) atoms. The van der Waals surface area contributed by atoms with Gasteiger partial charge in [0.25, 0.3) is 0 Å². The first-order valence-electron chi connectivity index (χ1n) is 7.53. The SMILES string of the molecule is C=Cc1ccc(Bc2cc(C(F)(F)F)cc(C(C)(F)C(F)(F)F)c2)cc1. The largest absolute Gasteiger partial charge is 0.426 e. The third-order valence-electron chi connectivity index (χ3n) is 4.02. The van der Waals surface area contributed by atoms with Gasteiger partial charge < -0.3 is 0 Å². The van der Waals surface area contributed by atoms with E-state index in [0.717, 1.165) is 17.7 Å². The molecule has 138 valence electrons. The minimum Gasteiger partial charge on any atom is -0.229 e. The molecule has 2 aromatic rings. The van der Waals surface area contributed by atoms with E-state index < -0.39 is 29.1 Å². The Morgan fingerprint density at radius 3 is 1.81 bits per heavy atom. The molecule has 0 N–H and O–H groups in total. The van der Waals surface area contributed by atoms with Gasteiger partial charge in [-0.2, -0.15) is 26.3 Å². The maximum atomic E-state index is 14.2. The summed E-state index contributed by atoms with van der Waals surface area (Å²) in [4.78, 5) is 0. The second kappa shape index (κ2) is 6.81. The summed E-state index contributed by atoms with van der Waals surface area (Å²) in [6.07, 6.45) is -8.65. The van der Waals surface area contributed by atoms with Gasteiger partial charge in [0.2, 0.25) is 5.67 Å². The fourth-order valence-electron chi connectivity index (χ4n) is 2.40. The highest BCUT2D eigenvalue weighted by Gasteiger charge is 2.54. The minimum atomic E-state index is -5.33. The van der Waals surface area contributed by atoms with Crippen molar-refractivity contribution in [3.63, 3.8) is 0 Å². The van der Waals surface area contributed by atoms with Crippen LogP contribution >= 0.6 is 0 Å². The van der Waals surface area contributed by atoms with E-state index in [1.807, 2.05) is 0 Å². The van der Waals surface area contributed by atoms with E-state index in [9.17, 15) is 30.7 Å². The van der Waals surface area contributed by atoms with E-state index in [2.05, 4.69) is 6.58 Å². The van der Waals surface area contributed by atoms with Crippen LogP contribution in [0.1, 0.15) is 23.6 Å². The third-order valence-corrected chi connectivity index (χ3v) is 4.02. The van der Waals surface area contributed by atoms with E-state index in [0.29, 0.717) is 5.46 Å². The van der Waals surface area contributed by atoms with E-state index in [4.69, 9.17) is 0 Å². The Kier molecular flexibility index (Phi) is 5.26. The Morgan fingerprint density at radius 2 is 1.35 bits per heavy atom. The summed E-state index contributed by atoms with van der Waals surface area (Å²) in [7, 11) is -0.0672. The molecule has 0 amide bonds. The van der Waals surface area contributed by atoms with E-state index in [-0.39, 0.29) is 25.7 Å². The van der Waals surface area contributed by atoms with Crippen molar-refractivity contribution < 1.29 is 30.7 Å². The van der Waals surface area contributed by atoms with Gasteiger partial charge in [-0.25, -0.2) is 4.39 Å². The van der Waals surface area contributed by atoms with Crippen LogP contribution in [0.2, 0.25) is 0 Å². The van der Waals surface area contributed by atoms with Crippen LogP contribution in [-0.2, 0) is 11.8 Å². The molecule has 0 nitrogen and oxygen atoms in total. The summed E-state index contributed by atoms with van der Waals surface area (Å²) in [5, 5.41) is 0. The van der Waals surface area contributed by atoms with Crippen LogP contribution in [0.3, 0.4) is 0 Å². The molecule has 1 unspecified atom stereocenters. The molecule has 2 rings (SSSR count). The number of halogens is 7. The van der Waals surface area contributed by atoms with Crippen LogP contribution < -0.4 is 10.9 Å². The highest BCUT2D eigenvalue weighted by atomic mass is 19.4. The number of benzene rings is 2. The van der Waals surface area contributed by atoms with Crippen LogP contribution in [0.25, 0.3) is 6.08 Å². The van der Waals surface area contributed by atoms with Crippen LogP contribution in [0.15, 0.2) is 49.0 Å². The molecular weight excluding hydrogens is 360 g/mol. The van der Waals surface area contributed by atoms with Gasteiger partial charge in [-0.15, -0.1) is 0 Å². The summed E-state index contributed by atoms with van der Waals surface area (Å²) < 4.78 is 92.1. The molecule has 8 heteroatoms. The van der Waals surface area contributed by atoms with Gasteiger partial charge in [-0.1, -0.05) is 60.0 Å². The van der Waals surface area contributed by atoms with Crippen molar-refractivity contribution in [2.24, 2.45) is 0 Å². The maximum absolute atomic E-state index is 14.2. The van der Waals surface area contributed by atoms with Crippen molar-refractivity contribution in [3.8, 4) is 0 Å². The van der Waals surface area contributed by atoms with Gasteiger partial charge in [0.15, 0.2) is 7.28 Å². The lowest BCUT2D eigenvalue weighted by Gasteiger charge is -2.25. The second-order valence-electron chi connectivity index (χ2n) is 6.04. The molecule has 0 saturated heterocycles. The smallest absolute Gasteiger partial charge is 0.229 e. The van der Waals surface area contributed by atoms with E-state index in [1.54, 1.807) is 30.3 Å². The van der Waals surface area contributed by atoms with Gasteiger partial charge in [-0.05, 0) is 24.1 Å². The highest BCUT2D eigenvalue weighted by Crippen LogP contribution is 2.43. The number of hydrogen-bond acceptors (Lipinski definition) is 0. The van der Waals surface area contributed by atoms with Crippen LogP contribution in [0.5, 0.6) is 0 Å². The lowest BCUT2D eigenvalue weighted by atomic mass is 9.63. The van der Waals surface area contributed by atoms with E-state index >= 15 is 0 Å². The van der Waals surface area contributed by atoms with Crippen LogP contribution in [0, 0.1) is 0 Å². The predicted octanol–water partition coefficient (Wildman–Crippen LogP) is 4.48. The molecule has 1 atom stereocenters. The Morgan fingerprint density at radius 1 is 0.808 bits per heavy atom. The molecule has 0 aliphatic carbocycles. The van der Waals surface area contributed by atoms with Gasteiger partial charge >= 0.3 is 12.4 Å². The first kappa shape index (κ1) is 20.1. The van der Waals surface area contributed by atoms with Gasteiger partial charge in [-0.3, -0.25) is 0 Å². The number of alkyl halides is 7. The van der Waals surface area contributed by atoms with Crippen molar-refractivity contribution in [1.29, 1.82) is 0 Å². The minimum absolute atomic E-state index is 0.0608. The average Bonchev–Trinajstić information content (AvgIpc) is 2.53. The molecule has 0 aliphatic heterocycles. The zero-order valence-electron chi connectivity index (χ0n) is 13.7. The second-order valence-corrected chi connectivity index (χ2v) is 6.04. The number of hydrogen-bond donors (Lipinski definition) is 0. The van der Waals surface area contributed by atoms with Gasteiger partial charge in [0.05, 0.1) is 5.56 Å². The summed E-state index contributed by atoms with van der Waals surface area (Å²) >= 11 is 0. The molecule has 0 aromatic heterocycles. The highest BCUT2D eigenvalue weighted by molar-refractivity contribution is 6.67. The zero-order valence-corrected chi connectivity index (χ0v) is 13.7. The summed E-state index contributed by atoms with van der Waals surface area (Å²) in [6.45, 7) is 3.79. The van der Waals surface area contributed by atoms with Crippen molar-refractivity contribution in [3.05, 3.63) is 65.7 Å². The van der Waals surface area contributed by atoms with Crippen LogP contribution in [-0.4, -0.2) is 13.5 Å². The Balaban J connectivity index is 2.51. The topological polar surface area (TPSA) is 0 Å². The van der Waals surface area contributed by atoms with Crippen molar-refractivity contribution in [2.45, 2.75) is 24.9 Å². The van der Waals surface area contributed by atoms with Gasteiger partial charge in [0.1, 0.15) is 0 Å². The molecule has 0 saturated carbocycles. The quantitative estimate of drug-likeness (QED) is 0.547. The lowest BCUT2D eigenvalue weighted by Crippen LogP contribution is -2.37. The van der Waals surface area contributed by atoms with Crippen molar-refractivity contribution >= 4 is 24.3 Å². The maximum Gasteiger partial charge on any atom is 0.426 e. The van der Waals surface area contributed by atoms with E-state index in [1.165, 1.54) is 0 Å². The van der Waals surface area contributed by atoms with Gasteiger partial charge in [0, 0.05) is 0 Å². The molecule has 0 fully saturated rings. The standard InChI is InChI=1S/C18H14BF7/c1-3-11-4-6-14(7-5-11)19-15-9-12(16(2,20)18(24,25)26)8-13(10-15)17(21,22)23/h3-10,19H,1H2,2H3. The Labute approximate surface area is 146 Å². The molecule has 0 heterocycles. The molecule has 0 aliphatic rings. The summed E-state index contributed by atoms with van der Waals surface area (Å²) in [5.74, 6) is 0. The predicted molar refractivity (Wildman–Crippen MR) is 88.9 cm³/mol. The zero-order chi connectivity index (χ0) is 19.8. The van der Waals surface area contributed by atoms with Crippen molar-refractivity contribution in [2.75, 3.05) is 0 Å². The molecule has 0 bridgehead atoms. The summed E-state index contributed by atoms with van der Waals surface area (Å²) in [6, 6.07) is 8.35. The first-order chi connectivity index (χ1) is 11.8. The fraction of sp³-hybridized carbons (Fsp3) is 0.222. The molecule has 0 spiro atoms. The first-order valence-corrected chi connectivity index (χ1v) is 7.53. The average molecular weight is 374 g/mol. The lowest BCUT2D eigenvalue weighted by molar-refractivity contribution is -0.228. The van der Waals surface area contributed by atoms with Crippen molar-refractivity contribution in [1.82, 2.24) is 0 Å².